The van der Waals surface area contributed by atoms with Crippen LogP contribution in [0.2, 0.25) is 0 Å². The minimum absolute atomic E-state index is 0.00401. The van der Waals surface area contributed by atoms with E-state index in [1.807, 2.05) is 0 Å². The maximum absolute atomic E-state index is 10.8. The molecule has 1 aromatic heterocycles. The molecule has 1 aliphatic heterocycles. The summed E-state index contributed by atoms with van der Waals surface area (Å²) < 4.78 is 5.26. The number of rotatable bonds is 5. The monoisotopic (exact) mass is 318 g/mol. The number of nitrogens with zero attached hydrogens (tertiary/aromatic N) is 4. The molecule has 1 atom stereocenters. The quantitative estimate of drug-likeness (QED) is 0.662. The number of aliphatic hydroxyl groups excluding tert-OH is 1. The Balaban J connectivity index is 1.70. The smallest absolute Gasteiger partial charge is 0.270 e. The molecule has 122 valence electrons. The Morgan fingerprint density at radius 3 is 3.13 bits per heavy atom. The first kappa shape index (κ1) is 15.6. The summed E-state index contributed by atoms with van der Waals surface area (Å²) in [6, 6.07) is 6.16. The average molecular weight is 318 g/mol. The number of likely N-dealkylation sites (tertiary alicyclic amines) is 1. The van der Waals surface area contributed by atoms with Gasteiger partial charge in [0.25, 0.3) is 5.69 Å². The van der Waals surface area contributed by atoms with Crippen molar-refractivity contribution >= 4 is 5.69 Å². The van der Waals surface area contributed by atoms with E-state index in [1.165, 1.54) is 12.1 Å². The summed E-state index contributed by atoms with van der Waals surface area (Å²) in [5.41, 5.74) is 0.553. The highest BCUT2D eigenvalue weighted by Crippen LogP contribution is 2.22. The third kappa shape index (κ3) is 3.72. The van der Waals surface area contributed by atoms with Crippen LogP contribution in [-0.2, 0) is 6.54 Å². The van der Waals surface area contributed by atoms with Crippen molar-refractivity contribution in [2.45, 2.75) is 19.4 Å². The fourth-order valence-corrected chi connectivity index (χ4v) is 2.83. The lowest BCUT2D eigenvalue weighted by Crippen LogP contribution is -2.36. The van der Waals surface area contributed by atoms with Gasteiger partial charge in [-0.1, -0.05) is 17.3 Å². The van der Waals surface area contributed by atoms with E-state index >= 15 is 0 Å². The van der Waals surface area contributed by atoms with Crippen molar-refractivity contribution in [3.8, 4) is 11.4 Å². The Labute approximate surface area is 132 Å². The van der Waals surface area contributed by atoms with Crippen LogP contribution in [0.15, 0.2) is 28.8 Å². The first-order valence-corrected chi connectivity index (χ1v) is 7.56. The van der Waals surface area contributed by atoms with Crippen LogP contribution in [0.25, 0.3) is 11.4 Å². The Kier molecular flexibility index (Phi) is 4.63. The van der Waals surface area contributed by atoms with Crippen molar-refractivity contribution in [3.63, 3.8) is 0 Å². The Bertz CT molecular complexity index is 688. The first-order valence-electron chi connectivity index (χ1n) is 7.56. The number of benzene rings is 1. The highest BCUT2D eigenvalue weighted by molar-refractivity contribution is 5.58. The molecule has 1 N–H and O–H groups in total. The number of nitro benzene ring substituents is 1. The third-order valence-electron chi connectivity index (χ3n) is 4.00. The lowest BCUT2D eigenvalue weighted by molar-refractivity contribution is -0.384. The fourth-order valence-electron chi connectivity index (χ4n) is 2.83. The van der Waals surface area contributed by atoms with E-state index in [4.69, 9.17) is 4.52 Å². The molecule has 1 fully saturated rings. The van der Waals surface area contributed by atoms with Crippen LogP contribution in [0.3, 0.4) is 0 Å². The third-order valence-corrected chi connectivity index (χ3v) is 4.00. The van der Waals surface area contributed by atoms with Gasteiger partial charge in [0.2, 0.25) is 11.7 Å². The normalized spacial score (nSPS) is 18.9. The predicted octanol–water partition coefficient (Wildman–Crippen LogP) is 1.85. The maximum Gasteiger partial charge on any atom is 0.270 e. The second kappa shape index (κ2) is 6.84. The molecular formula is C15H18N4O4. The largest absolute Gasteiger partial charge is 0.396 e. The van der Waals surface area contributed by atoms with Crippen LogP contribution in [0.5, 0.6) is 0 Å². The number of hydrogen-bond donors (Lipinski definition) is 1. The van der Waals surface area contributed by atoms with Crippen molar-refractivity contribution in [2.24, 2.45) is 5.92 Å². The second-order valence-corrected chi connectivity index (χ2v) is 5.75. The van der Waals surface area contributed by atoms with Crippen molar-refractivity contribution in [2.75, 3.05) is 19.7 Å². The van der Waals surface area contributed by atoms with E-state index < -0.39 is 4.92 Å². The molecule has 1 aliphatic rings. The van der Waals surface area contributed by atoms with Crippen molar-refractivity contribution in [1.29, 1.82) is 0 Å². The first-order chi connectivity index (χ1) is 11.2. The molecule has 1 aromatic carbocycles. The van der Waals surface area contributed by atoms with Gasteiger partial charge in [0.15, 0.2) is 0 Å². The average Bonchev–Trinajstić information content (AvgIpc) is 3.03. The number of aromatic nitrogens is 2. The molecule has 1 unspecified atom stereocenters. The lowest BCUT2D eigenvalue weighted by Gasteiger charge is -2.30. The molecule has 2 heterocycles. The number of piperidine rings is 1. The van der Waals surface area contributed by atoms with E-state index in [0.717, 1.165) is 25.9 Å². The van der Waals surface area contributed by atoms with Crippen molar-refractivity contribution in [3.05, 3.63) is 40.3 Å². The molecule has 0 aliphatic carbocycles. The molecular weight excluding hydrogens is 300 g/mol. The minimum atomic E-state index is -0.451. The van der Waals surface area contributed by atoms with Gasteiger partial charge in [-0.2, -0.15) is 4.98 Å². The number of non-ortho nitro benzene ring substituents is 1. The SMILES string of the molecule is O=[N+]([O-])c1cccc(-c2noc(CN3CCCC(CO)C3)n2)c1. The molecule has 0 bridgehead atoms. The van der Waals surface area contributed by atoms with Gasteiger partial charge in [0, 0.05) is 30.8 Å². The Morgan fingerprint density at radius 2 is 2.35 bits per heavy atom. The molecule has 23 heavy (non-hydrogen) atoms. The van der Waals surface area contributed by atoms with E-state index in [2.05, 4.69) is 15.0 Å². The van der Waals surface area contributed by atoms with Gasteiger partial charge in [-0.3, -0.25) is 15.0 Å². The van der Waals surface area contributed by atoms with Crippen LogP contribution in [-0.4, -0.2) is 44.8 Å². The predicted molar refractivity (Wildman–Crippen MR) is 81.5 cm³/mol. The Hall–Kier alpha value is -2.32. The zero-order valence-corrected chi connectivity index (χ0v) is 12.6. The second-order valence-electron chi connectivity index (χ2n) is 5.75. The van der Waals surface area contributed by atoms with Crippen molar-refractivity contribution in [1.82, 2.24) is 15.0 Å². The highest BCUT2D eigenvalue weighted by atomic mass is 16.6. The van der Waals surface area contributed by atoms with Crippen molar-refractivity contribution < 1.29 is 14.6 Å². The van der Waals surface area contributed by atoms with Gasteiger partial charge in [-0.15, -0.1) is 0 Å². The van der Waals surface area contributed by atoms with Crippen LogP contribution >= 0.6 is 0 Å². The summed E-state index contributed by atoms with van der Waals surface area (Å²) in [5, 5.41) is 24.0. The fraction of sp³-hybridized carbons (Fsp3) is 0.467. The van der Waals surface area contributed by atoms with E-state index in [9.17, 15) is 15.2 Å². The summed E-state index contributed by atoms with van der Waals surface area (Å²) in [6.45, 7) is 2.47. The molecule has 2 aromatic rings. The maximum atomic E-state index is 10.8. The van der Waals surface area contributed by atoms with E-state index in [1.54, 1.807) is 12.1 Å². The van der Waals surface area contributed by atoms with Gasteiger partial charge in [0.05, 0.1) is 11.5 Å². The van der Waals surface area contributed by atoms with Crippen LogP contribution in [0.4, 0.5) is 5.69 Å². The van der Waals surface area contributed by atoms with Gasteiger partial charge in [0.1, 0.15) is 0 Å². The molecule has 1 saturated heterocycles. The summed E-state index contributed by atoms with van der Waals surface area (Å²) in [4.78, 5) is 16.9. The van der Waals surface area contributed by atoms with Crippen LogP contribution in [0, 0.1) is 16.0 Å². The van der Waals surface area contributed by atoms with E-state index in [-0.39, 0.29) is 12.3 Å². The molecule has 0 amide bonds. The molecule has 8 nitrogen and oxygen atoms in total. The molecule has 3 rings (SSSR count). The summed E-state index contributed by atoms with van der Waals surface area (Å²) in [5.74, 6) is 1.12. The van der Waals surface area contributed by atoms with Gasteiger partial charge in [-0.25, -0.2) is 0 Å². The van der Waals surface area contributed by atoms with E-state index in [0.29, 0.717) is 29.7 Å². The van der Waals surface area contributed by atoms with Gasteiger partial charge in [-0.05, 0) is 25.3 Å². The number of hydrogen-bond acceptors (Lipinski definition) is 7. The molecule has 0 radical (unpaired) electrons. The standard InChI is InChI=1S/C15H18N4O4/c20-10-11-3-2-6-18(8-11)9-14-16-15(17-23-14)12-4-1-5-13(7-12)19(21)22/h1,4-5,7,11,20H,2-3,6,8-10H2. The van der Waals surface area contributed by atoms with Gasteiger partial charge >= 0.3 is 0 Å². The molecule has 0 spiro atoms. The lowest BCUT2D eigenvalue weighted by atomic mass is 9.99. The van der Waals surface area contributed by atoms with Crippen LogP contribution in [0.1, 0.15) is 18.7 Å². The molecule has 0 saturated carbocycles. The highest BCUT2D eigenvalue weighted by Gasteiger charge is 2.21. The number of nitro groups is 1. The summed E-state index contributed by atoms with van der Waals surface area (Å²) >= 11 is 0. The van der Waals surface area contributed by atoms with Gasteiger partial charge < -0.3 is 9.63 Å². The zero-order valence-electron chi connectivity index (χ0n) is 12.6. The summed E-state index contributed by atoms with van der Waals surface area (Å²) in [7, 11) is 0. The molecule has 8 heteroatoms. The van der Waals surface area contributed by atoms with Crippen LogP contribution < -0.4 is 0 Å². The minimum Gasteiger partial charge on any atom is -0.396 e. The topological polar surface area (TPSA) is 106 Å². The number of aliphatic hydroxyl groups is 1. The Morgan fingerprint density at radius 1 is 1.48 bits per heavy atom. The summed E-state index contributed by atoms with van der Waals surface area (Å²) in [6.07, 6.45) is 2.08. The zero-order chi connectivity index (χ0) is 16.2.